The van der Waals surface area contributed by atoms with Crippen LogP contribution in [-0.4, -0.2) is 13.0 Å². The van der Waals surface area contributed by atoms with E-state index in [1.165, 1.54) is 13.2 Å². The van der Waals surface area contributed by atoms with E-state index < -0.39 is 0 Å². The number of carbonyl (C=O) groups is 1. The van der Waals surface area contributed by atoms with Crippen LogP contribution in [-0.2, 0) is 16.1 Å². The lowest BCUT2D eigenvalue weighted by Gasteiger charge is -2.03. The van der Waals surface area contributed by atoms with Gasteiger partial charge in [-0.1, -0.05) is 12.1 Å². The van der Waals surface area contributed by atoms with Crippen LogP contribution in [0, 0.1) is 12.7 Å². The highest BCUT2D eigenvalue weighted by Crippen LogP contribution is 2.09. The topological polar surface area (TPSA) is 38.3 Å². The number of halogens is 1. The summed E-state index contributed by atoms with van der Waals surface area (Å²) in [4.78, 5) is 15.5. The third-order valence-corrected chi connectivity index (χ3v) is 1.82. The number of hydrogen-bond acceptors (Lipinski definition) is 2. The van der Waals surface area contributed by atoms with Crippen LogP contribution in [0.4, 0.5) is 4.39 Å². The minimum absolute atomic E-state index is 0.116. The van der Waals surface area contributed by atoms with E-state index in [0.717, 1.165) is 0 Å². The number of hydroxylamine groups is 1. The molecule has 0 saturated heterocycles. The Labute approximate surface area is 81.8 Å². The molecule has 1 N–H and O–H groups in total. The van der Waals surface area contributed by atoms with Gasteiger partial charge < -0.3 is 0 Å². The van der Waals surface area contributed by atoms with Crippen molar-refractivity contribution in [3.05, 3.63) is 35.1 Å². The van der Waals surface area contributed by atoms with E-state index >= 15 is 0 Å². The van der Waals surface area contributed by atoms with E-state index in [2.05, 4.69) is 10.3 Å². The molecule has 1 aromatic rings. The second-order valence-electron chi connectivity index (χ2n) is 2.99. The van der Waals surface area contributed by atoms with Gasteiger partial charge in [-0.25, -0.2) is 9.87 Å². The highest BCUT2D eigenvalue weighted by Gasteiger charge is 2.04. The number of benzene rings is 1. The molecule has 0 fully saturated rings. The Kier molecular flexibility index (Phi) is 3.59. The molecule has 1 amide bonds. The van der Waals surface area contributed by atoms with Gasteiger partial charge in [0.2, 0.25) is 5.91 Å². The molecule has 0 atom stereocenters. The van der Waals surface area contributed by atoms with E-state index in [1.54, 1.807) is 19.1 Å². The summed E-state index contributed by atoms with van der Waals surface area (Å²) in [7, 11) is 1.35. The maximum atomic E-state index is 13.1. The quantitative estimate of drug-likeness (QED) is 0.743. The molecule has 0 heterocycles. The average molecular weight is 197 g/mol. The number of nitrogens with one attached hydrogen (secondary N) is 1. The number of aryl methyl sites for hydroxylation is 1. The van der Waals surface area contributed by atoms with Gasteiger partial charge >= 0.3 is 0 Å². The van der Waals surface area contributed by atoms with Crippen LogP contribution in [0.15, 0.2) is 18.2 Å². The molecule has 0 bridgehead atoms. The van der Waals surface area contributed by atoms with Crippen molar-refractivity contribution in [3.8, 4) is 0 Å². The average Bonchev–Trinajstić information content (AvgIpc) is 2.12. The second-order valence-corrected chi connectivity index (χ2v) is 2.99. The summed E-state index contributed by atoms with van der Waals surface area (Å²) in [5.41, 5.74) is 3.36. The highest BCUT2D eigenvalue weighted by atomic mass is 19.1. The maximum absolute atomic E-state index is 13.1. The van der Waals surface area contributed by atoms with Crippen molar-refractivity contribution < 1.29 is 14.0 Å². The van der Waals surface area contributed by atoms with Gasteiger partial charge in [0.05, 0.1) is 13.5 Å². The van der Waals surface area contributed by atoms with Crippen LogP contribution >= 0.6 is 0 Å². The molecule has 0 aromatic heterocycles. The summed E-state index contributed by atoms with van der Waals surface area (Å²) in [6.45, 7) is 1.67. The van der Waals surface area contributed by atoms with Gasteiger partial charge in [0.15, 0.2) is 0 Å². The van der Waals surface area contributed by atoms with E-state index in [1.807, 2.05) is 0 Å². The number of amides is 1. The zero-order valence-electron chi connectivity index (χ0n) is 8.13. The van der Waals surface area contributed by atoms with E-state index in [4.69, 9.17) is 0 Å². The third-order valence-electron chi connectivity index (χ3n) is 1.82. The lowest BCUT2D eigenvalue weighted by Crippen LogP contribution is -2.23. The number of rotatable bonds is 3. The SMILES string of the molecule is CONC(=O)Cc1ccc(C)c(F)c1. The molecule has 1 rings (SSSR count). The van der Waals surface area contributed by atoms with Gasteiger partial charge in [-0.15, -0.1) is 0 Å². The first kappa shape index (κ1) is 10.7. The fourth-order valence-electron chi connectivity index (χ4n) is 1.08. The fourth-order valence-corrected chi connectivity index (χ4v) is 1.08. The molecule has 0 aliphatic rings. The van der Waals surface area contributed by atoms with Crippen LogP contribution in [0.1, 0.15) is 11.1 Å². The molecule has 3 nitrogen and oxygen atoms in total. The van der Waals surface area contributed by atoms with Gasteiger partial charge in [-0.2, -0.15) is 0 Å². The maximum Gasteiger partial charge on any atom is 0.247 e. The lowest BCUT2D eigenvalue weighted by atomic mass is 10.1. The van der Waals surface area contributed by atoms with E-state index in [9.17, 15) is 9.18 Å². The van der Waals surface area contributed by atoms with Gasteiger partial charge in [-0.3, -0.25) is 9.63 Å². The molecule has 0 spiro atoms. The summed E-state index contributed by atoms with van der Waals surface area (Å²) >= 11 is 0. The predicted octanol–water partition coefficient (Wildman–Crippen LogP) is 1.35. The first-order valence-corrected chi connectivity index (χ1v) is 4.20. The molecule has 0 aliphatic carbocycles. The Morgan fingerprint density at radius 3 is 2.86 bits per heavy atom. The molecule has 0 unspecified atom stereocenters. The Balaban J connectivity index is 2.68. The van der Waals surface area contributed by atoms with Crippen LogP contribution in [0.25, 0.3) is 0 Å². The predicted molar refractivity (Wildman–Crippen MR) is 50.0 cm³/mol. The summed E-state index contributed by atoms with van der Waals surface area (Å²) < 4.78 is 13.1. The van der Waals surface area contributed by atoms with Crippen molar-refractivity contribution in [3.63, 3.8) is 0 Å². The third kappa shape index (κ3) is 2.81. The van der Waals surface area contributed by atoms with Crippen LogP contribution in [0.2, 0.25) is 0 Å². The Hall–Kier alpha value is -1.42. The highest BCUT2D eigenvalue weighted by molar-refractivity contribution is 5.77. The van der Waals surface area contributed by atoms with Crippen molar-refractivity contribution >= 4 is 5.91 Å². The number of carbonyl (C=O) groups excluding carboxylic acids is 1. The zero-order chi connectivity index (χ0) is 10.6. The molecule has 0 radical (unpaired) electrons. The fraction of sp³-hybridized carbons (Fsp3) is 0.300. The molecule has 0 saturated carbocycles. The molecule has 1 aromatic carbocycles. The van der Waals surface area contributed by atoms with Gasteiger partial charge in [0, 0.05) is 0 Å². The molecule has 14 heavy (non-hydrogen) atoms. The summed E-state index contributed by atoms with van der Waals surface area (Å²) in [6, 6.07) is 4.71. The molecular weight excluding hydrogens is 185 g/mol. The summed E-state index contributed by atoms with van der Waals surface area (Å²) in [5.74, 6) is -0.594. The molecule has 0 aliphatic heterocycles. The minimum atomic E-state index is -0.298. The normalized spacial score (nSPS) is 9.93. The lowest BCUT2D eigenvalue weighted by molar-refractivity contribution is -0.130. The van der Waals surface area contributed by atoms with Crippen LogP contribution in [0.3, 0.4) is 0 Å². The van der Waals surface area contributed by atoms with E-state index in [0.29, 0.717) is 11.1 Å². The first-order chi connectivity index (χ1) is 6.63. The van der Waals surface area contributed by atoms with Gasteiger partial charge in [-0.05, 0) is 24.1 Å². The zero-order valence-corrected chi connectivity index (χ0v) is 8.13. The molecular formula is C10H12FNO2. The summed E-state index contributed by atoms with van der Waals surface area (Å²) in [5, 5.41) is 0. The Morgan fingerprint density at radius 2 is 2.29 bits per heavy atom. The van der Waals surface area contributed by atoms with Crippen molar-refractivity contribution in [1.82, 2.24) is 5.48 Å². The van der Waals surface area contributed by atoms with Crippen LogP contribution in [0.5, 0.6) is 0 Å². The molecule has 4 heteroatoms. The minimum Gasteiger partial charge on any atom is -0.277 e. The van der Waals surface area contributed by atoms with Gasteiger partial charge in [0.1, 0.15) is 5.82 Å². The van der Waals surface area contributed by atoms with Crippen molar-refractivity contribution in [2.45, 2.75) is 13.3 Å². The first-order valence-electron chi connectivity index (χ1n) is 4.20. The monoisotopic (exact) mass is 197 g/mol. The Morgan fingerprint density at radius 1 is 1.57 bits per heavy atom. The van der Waals surface area contributed by atoms with Crippen molar-refractivity contribution in [2.75, 3.05) is 7.11 Å². The van der Waals surface area contributed by atoms with Crippen molar-refractivity contribution in [1.29, 1.82) is 0 Å². The second kappa shape index (κ2) is 4.72. The standard InChI is InChI=1S/C10H12FNO2/c1-7-3-4-8(5-9(7)11)6-10(13)12-14-2/h3-5H,6H2,1-2H3,(H,12,13). The van der Waals surface area contributed by atoms with E-state index in [-0.39, 0.29) is 18.1 Å². The van der Waals surface area contributed by atoms with Crippen LogP contribution < -0.4 is 5.48 Å². The molecule has 76 valence electrons. The largest absolute Gasteiger partial charge is 0.277 e. The van der Waals surface area contributed by atoms with Gasteiger partial charge in [0.25, 0.3) is 0 Å². The Bertz CT molecular complexity index is 339. The summed E-state index contributed by atoms with van der Waals surface area (Å²) in [6.07, 6.45) is 0.116. The van der Waals surface area contributed by atoms with Crippen molar-refractivity contribution in [2.24, 2.45) is 0 Å². The smallest absolute Gasteiger partial charge is 0.247 e. The number of hydrogen-bond donors (Lipinski definition) is 1.